The lowest BCUT2D eigenvalue weighted by molar-refractivity contribution is -0.138. The highest BCUT2D eigenvalue weighted by molar-refractivity contribution is 9.10. The lowest BCUT2D eigenvalue weighted by Gasteiger charge is -2.27. The Bertz CT molecular complexity index is 1810. The number of aliphatic hydroxyl groups is 1. The van der Waals surface area contributed by atoms with Crippen molar-refractivity contribution in [1.82, 2.24) is 29.6 Å². The van der Waals surface area contributed by atoms with Gasteiger partial charge in [0, 0.05) is 36.8 Å². The summed E-state index contributed by atoms with van der Waals surface area (Å²) in [5.41, 5.74) is 3.61. The third-order valence-corrected chi connectivity index (χ3v) is 8.69. The first-order valence-electron chi connectivity index (χ1n) is 13.9. The van der Waals surface area contributed by atoms with Gasteiger partial charge in [0.1, 0.15) is 34.8 Å². The van der Waals surface area contributed by atoms with Gasteiger partial charge < -0.3 is 15.3 Å². The molecular formula is C30H29BrFN7O4. The third kappa shape index (κ3) is 5.31. The number of halogens is 2. The minimum atomic E-state index is -0.795. The minimum absolute atomic E-state index is 0.00767. The number of likely N-dealkylation sites (tertiary alicyclic amines) is 1. The Morgan fingerprint density at radius 1 is 1.14 bits per heavy atom. The summed E-state index contributed by atoms with van der Waals surface area (Å²) >= 11 is 3.06. The Morgan fingerprint density at radius 2 is 1.86 bits per heavy atom. The summed E-state index contributed by atoms with van der Waals surface area (Å²) in [5.74, 6) is -0.617. The minimum Gasteiger partial charge on any atom is -0.385 e. The maximum Gasteiger partial charge on any atom is 0.248 e. The first-order chi connectivity index (χ1) is 20.4. The fourth-order valence-corrected chi connectivity index (χ4v) is 6.21. The van der Waals surface area contributed by atoms with Gasteiger partial charge in [-0.1, -0.05) is 0 Å². The highest BCUT2D eigenvalue weighted by atomic mass is 79.9. The number of fused-ring (bicyclic) bond motifs is 2. The van der Waals surface area contributed by atoms with Gasteiger partial charge in [-0.05, 0) is 89.8 Å². The van der Waals surface area contributed by atoms with Crippen molar-refractivity contribution in [2.75, 3.05) is 11.9 Å². The molecule has 4 heterocycles. The van der Waals surface area contributed by atoms with Gasteiger partial charge in [0.2, 0.25) is 11.8 Å². The zero-order valence-corrected chi connectivity index (χ0v) is 25.5. The van der Waals surface area contributed by atoms with E-state index in [0.29, 0.717) is 34.4 Å². The van der Waals surface area contributed by atoms with Crippen LogP contribution in [0.25, 0.3) is 22.0 Å². The molecule has 1 aliphatic carbocycles. The van der Waals surface area contributed by atoms with E-state index in [4.69, 9.17) is 0 Å². The van der Waals surface area contributed by atoms with E-state index in [2.05, 4.69) is 41.3 Å². The number of aromatic nitrogens is 5. The molecule has 2 aliphatic rings. The van der Waals surface area contributed by atoms with Gasteiger partial charge in [0.15, 0.2) is 17.4 Å². The highest BCUT2D eigenvalue weighted by Crippen LogP contribution is 2.50. The van der Waals surface area contributed by atoms with E-state index >= 15 is 0 Å². The molecule has 1 saturated heterocycles. The smallest absolute Gasteiger partial charge is 0.248 e. The molecule has 2 N–H and O–H groups in total. The summed E-state index contributed by atoms with van der Waals surface area (Å²) in [6.07, 6.45) is 3.28. The van der Waals surface area contributed by atoms with E-state index in [1.54, 1.807) is 31.1 Å². The van der Waals surface area contributed by atoms with Crippen molar-refractivity contribution in [2.24, 2.45) is 11.8 Å². The first-order valence-corrected chi connectivity index (χ1v) is 14.7. The molecule has 3 aromatic heterocycles. The molecule has 1 unspecified atom stereocenters. The van der Waals surface area contributed by atoms with Gasteiger partial charge in [-0.15, -0.1) is 0 Å². The second kappa shape index (κ2) is 10.9. The molecular weight excluding hydrogens is 621 g/mol. The van der Waals surface area contributed by atoms with E-state index in [1.807, 2.05) is 19.1 Å². The van der Waals surface area contributed by atoms with Crippen molar-refractivity contribution < 1.29 is 23.9 Å². The number of ketones is 1. The number of benzene rings is 1. The Balaban J connectivity index is 1.28. The van der Waals surface area contributed by atoms with Crippen molar-refractivity contribution in [3.63, 3.8) is 0 Å². The molecule has 6 rings (SSSR count). The molecule has 0 radical (unpaired) electrons. The molecule has 222 valence electrons. The molecule has 4 aromatic rings. The number of nitrogens with zero attached hydrogens (tertiary/aromatic N) is 6. The highest BCUT2D eigenvalue weighted by Gasteiger charge is 2.56. The van der Waals surface area contributed by atoms with Gasteiger partial charge in [0.25, 0.3) is 0 Å². The summed E-state index contributed by atoms with van der Waals surface area (Å²) in [6, 6.07) is 4.33. The number of piperidine rings is 1. The number of carbonyl (C=O) groups excluding carboxylic acids is 3. The quantitative estimate of drug-likeness (QED) is 0.225. The predicted octanol–water partition coefficient (Wildman–Crippen LogP) is 4.15. The fraction of sp³-hybridized carbons (Fsp3) is 0.367. The number of aryl methyl sites for hydroxylation is 2. The van der Waals surface area contributed by atoms with Gasteiger partial charge in [-0.25, -0.2) is 19.3 Å². The molecule has 1 saturated carbocycles. The van der Waals surface area contributed by atoms with Crippen LogP contribution < -0.4 is 5.32 Å². The van der Waals surface area contributed by atoms with E-state index in [1.165, 1.54) is 17.7 Å². The van der Waals surface area contributed by atoms with E-state index in [-0.39, 0.29) is 52.1 Å². The molecule has 0 bridgehead atoms. The van der Waals surface area contributed by atoms with Gasteiger partial charge >= 0.3 is 0 Å². The Hall–Kier alpha value is -4.10. The molecule has 13 heteroatoms. The Morgan fingerprint density at radius 3 is 2.53 bits per heavy atom. The molecule has 11 nitrogen and oxygen atoms in total. The van der Waals surface area contributed by atoms with Crippen molar-refractivity contribution in [3.05, 3.63) is 63.7 Å². The summed E-state index contributed by atoms with van der Waals surface area (Å²) in [7, 11) is 0. The average molecular weight is 651 g/mol. The van der Waals surface area contributed by atoms with Crippen molar-refractivity contribution in [1.29, 1.82) is 0 Å². The third-order valence-electron chi connectivity index (χ3n) is 8.14. The predicted molar refractivity (Wildman–Crippen MR) is 158 cm³/mol. The summed E-state index contributed by atoms with van der Waals surface area (Å²) < 4.78 is 15.4. The van der Waals surface area contributed by atoms with Gasteiger partial charge in [-0.2, -0.15) is 5.10 Å². The number of hydrogen-bond acceptors (Lipinski definition) is 8. The number of aliphatic hydroxyl groups excluding tert-OH is 1. The number of amides is 2. The van der Waals surface area contributed by atoms with Crippen LogP contribution in [0, 0.1) is 31.5 Å². The average Bonchev–Trinajstić information content (AvgIpc) is 3.45. The van der Waals surface area contributed by atoms with Crippen molar-refractivity contribution in [2.45, 2.75) is 52.8 Å². The Labute approximate surface area is 254 Å². The van der Waals surface area contributed by atoms with Crippen LogP contribution in [0.1, 0.15) is 53.8 Å². The van der Waals surface area contributed by atoms with Crippen molar-refractivity contribution in [3.8, 4) is 11.1 Å². The number of pyridine rings is 1. The first kappa shape index (κ1) is 29.0. The van der Waals surface area contributed by atoms with E-state index < -0.39 is 18.0 Å². The van der Waals surface area contributed by atoms with E-state index in [9.17, 15) is 23.9 Å². The number of anilines is 1. The molecule has 1 aliphatic heterocycles. The van der Waals surface area contributed by atoms with Crippen LogP contribution in [0.2, 0.25) is 0 Å². The summed E-state index contributed by atoms with van der Waals surface area (Å²) in [4.78, 5) is 53.9. The van der Waals surface area contributed by atoms with Gasteiger partial charge in [-0.3, -0.25) is 19.1 Å². The summed E-state index contributed by atoms with van der Waals surface area (Å²) in [6.45, 7) is 6.83. The second-order valence-corrected chi connectivity index (χ2v) is 12.1. The lowest BCUT2D eigenvalue weighted by Crippen LogP contribution is -2.47. The maximum atomic E-state index is 13.9. The molecule has 2 amide bonds. The van der Waals surface area contributed by atoms with Gasteiger partial charge in [0.05, 0.1) is 5.52 Å². The topological polar surface area (TPSA) is 143 Å². The second-order valence-electron chi connectivity index (χ2n) is 11.3. The number of Topliss-reactive ketones (excluding diaryl/α,β-unsaturated/α-hetero) is 1. The zero-order valence-electron chi connectivity index (χ0n) is 23.9. The molecule has 4 atom stereocenters. The molecule has 43 heavy (non-hydrogen) atoms. The largest absolute Gasteiger partial charge is 0.385 e. The van der Waals surface area contributed by atoms with Crippen LogP contribution in [-0.4, -0.2) is 64.9 Å². The maximum absolute atomic E-state index is 13.9. The summed E-state index contributed by atoms with van der Waals surface area (Å²) in [5, 5.41) is 17.6. The van der Waals surface area contributed by atoms with Crippen LogP contribution in [0.4, 0.5) is 10.2 Å². The standard InChI is InChI=1S/C30H29BrFN7O4/c1-13-5-17(19-9-33-29(16(4)41)34-10-19)7-21-24(15(3)40)37-39(25(13)21)12-23(42)38-11-18-8-20(18)26(38)30(43)36-28-14(2)6-22(32)27(31)35-28/h5-7,9-10,16,18,20,26,41H,8,11-12H2,1-4H3,(H,35,36,43)/t16?,18-,20-,26+/m1/s1. The fourth-order valence-electron chi connectivity index (χ4n) is 5.92. The van der Waals surface area contributed by atoms with Crippen LogP contribution in [0.5, 0.6) is 0 Å². The monoisotopic (exact) mass is 649 g/mol. The number of nitrogens with one attached hydrogen (secondary N) is 1. The normalized spacial score (nSPS) is 19.8. The van der Waals surface area contributed by atoms with Crippen LogP contribution in [0.3, 0.4) is 0 Å². The van der Waals surface area contributed by atoms with Crippen LogP contribution in [0.15, 0.2) is 35.2 Å². The molecule has 0 spiro atoms. The zero-order chi connectivity index (χ0) is 30.7. The number of rotatable bonds is 7. The van der Waals surface area contributed by atoms with E-state index in [0.717, 1.165) is 17.5 Å². The lowest BCUT2D eigenvalue weighted by atomic mass is 10.0. The Kier molecular flexibility index (Phi) is 7.33. The number of carbonyl (C=O) groups is 3. The molecule has 1 aromatic carbocycles. The van der Waals surface area contributed by atoms with Crippen LogP contribution in [-0.2, 0) is 16.1 Å². The van der Waals surface area contributed by atoms with Crippen molar-refractivity contribution >= 4 is 50.2 Å². The number of hydrogen-bond donors (Lipinski definition) is 2. The SMILES string of the molecule is CC(=O)c1nn(CC(=O)N2C[C@H]3C[C@H]3[C@H]2C(=O)Nc2nc(Br)c(F)cc2C)c2c(C)cc(-c3cnc(C(C)O)nc3)cc12. The van der Waals surface area contributed by atoms with Crippen LogP contribution >= 0.6 is 15.9 Å². The molecule has 2 fully saturated rings.